The molecule has 0 saturated carbocycles. The Morgan fingerprint density at radius 3 is 2.52 bits per heavy atom. The van der Waals surface area contributed by atoms with Gasteiger partial charge in [0.1, 0.15) is 29.3 Å². The fourth-order valence-electron chi connectivity index (χ4n) is 3.03. The summed E-state index contributed by atoms with van der Waals surface area (Å²) in [7, 11) is 0. The first-order valence-electron chi connectivity index (χ1n) is 8.45. The second-order valence-corrected chi connectivity index (χ2v) is 6.06. The lowest BCUT2D eigenvalue weighted by Gasteiger charge is -2.13. The summed E-state index contributed by atoms with van der Waals surface area (Å²) in [6.07, 6.45) is 5.63. The molecule has 0 radical (unpaired) electrons. The highest BCUT2D eigenvalue weighted by molar-refractivity contribution is 5.81. The SMILES string of the molecule is N#Cc1c(N)nc(CCCc2cccnc2)c(C#N)c1-c1cccc(O)c1. The molecule has 0 saturated heterocycles. The monoisotopic (exact) mass is 355 g/mol. The molecule has 0 unspecified atom stereocenters. The van der Waals surface area contributed by atoms with Crippen molar-refractivity contribution in [1.29, 1.82) is 10.5 Å². The van der Waals surface area contributed by atoms with E-state index in [1.54, 1.807) is 18.3 Å². The van der Waals surface area contributed by atoms with Gasteiger partial charge in [-0.2, -0.15) is 10.5 Å². The minimum atomic E-state index is 0.0498. The zero-order chi connectivity index (χ0) is 19.2. The Balaban J connectivity index is 2.00. The van der Waals surface area contributed by atoms with Crippen LogP contribution in [0.15, 0.2) is 48.8 Å². The number of rotatable bonds is 5. The van der Waals surface area contributed by atoms with E-state index in [1.807, 2.05) is 24.4 Å². The molecule has 3 aromatic rings. The summed E-state index contributed by atoms with van der Waals surface area (Å²) in [6, 6.07) is 14.5. The third kappa shape index (κ3) is 3.86. The average molecular weight is 355 g/mol. The summed E-state index contributed by atoms with van der Waals surface area (Å²) in [4.78, 5) is 8.40. The molecule has 2 aromatic heterocycles. The van der Waals surface area contributed by atoms with Crippen molar-refractivity contribution in [3.8, 4) is 29.0 Å². The molecule has 6 heteroatoms. The van der Waals surface area contributed by atoms with Crippen LogP contribution in [0.4, 0.5) is 5.82 Å². The third-order valence-electron chi connectivity index (χ3n) is 4.26. The van der Waals surface area contributed by atoms with Gasteiger partial charge in [-0.15, -0.1) is 0 Å². The second kappa shape index (κ2) is 7.99. The molecular formula is C21H17N5O. The molecule has 0 bridgehead atoms. The minimum Gasteiger partial charge on any atom is -0.508 e. The van der Waals surface area contributed by atoms with Crippen LogP contribution in [-0.4, -0.2) is 15.1 Å². The highest BCUT2D eigenvalue weighted by atomic mass is 16.3. The summed E-state index contributed by atoms with van der Waals surface area (Å²) < 4.78 is 0. The lowest BCUT2D eigenvalue weighted by atomic mass is 9.93. The van der Waals surface area contributed by atoms with Crippen LogP contribution in [0.25, 0.3) is 11.1 Å². The Morgan fingerprint density at radius 2 is 1.85 bits per heavy atom. The average Bonchev–Trinajstić information content (AvgIpc) is 2.68. The molecule has 3 N–H and O–H groups in total. The summed E-state index contributed by atoms with van der Waals surface area (Å²) in [6.45, 7) is 0. The Kier molecular flexibility index (Phi) is 5.30. The van der Waals surface area contributed by atoms with Crippen molar-refractivity contribution in [3.05, 3.63) is 71.2 Å². The van der Waals surface area contributed by atoms with Crippen molar-refractivity contribution in [3.63, 3.8) is 0 Å². The van der Waals surface area contributed by atoms with Crippen LogP contribution in [0, 0.1) is 22.7 Å². The number of aromatic hydroxyl groups is 1. The van der Waals surface area contributed by atoms with Crippen LogP contribution in [0.5, 0.6) is 5.75 Å². The minimum absolute atomic E-state index is 0.0498. The molecule has 0 aliphatic carbocycles. The maximum atomic E-state index is 9.79. The van der Waals surface area contributed by atoms with E-state index in [9.17, 15) is 15.6 Å². The zero-order valence-corrected chi connectivity index (χ0v) is 14.6. The van der Waals surface area contributed by atoms with Crippen LogP contribution >= 0.6 is 0 Å². The number of nitrogens with zero attached hydrogens (tertiary/aromatic N) is 4. The standard InChI is InChI=1S/C21H17N5O/c22-11-17-19(8-1-4-14-5-3-9-25-13-14)26-21(24)18(12-23)20(17)15-6-2-7-16(27)10-15/h2-3,5-7,9-10,13,27H,1,4,8H2,(H2,24,26). The topological polar surface area (TPSA) is 120 Å². The lowest BCUT2D eigenvalue weighted by molar-refractivity contribution is 0.475. The Labute approximate surface area is 157 Å². The number of anilines is 1. The van der Waals surface area contributed by atoms with Crippen molar-refractivity contribution in [2.75, 3.05) is 5.73 Å². The maximum absolute atomic E-state index is 9.79. The number of pyridine rings is 2. The second-order valence-electron chi connectivity index (χ2n) is 6.06. The van der Waals surface area contributed by atoms with Gasteiger partial charge in [-0.3, -0.25) is 4.98 Å². The van der Waals surface area contributed by atoms with Gasteiger partial charge in [0.05, 0.1) is 11.3 Å². The van der Waals surface area contributed by atoms with E-state index < -0.39 is 0 Å². The Bertz CT molecular complexity index is 1050. The molecule has 1 aromatic carbocycles. The maximum Gasteiger partial charge on any atom is 0.142 e. The summed E-state index contributed by atoms with van der Waals surface area (Å²) >= 11 is 0. The van der Waals surface area contributed by atoms with Crippen LogP contribution in [0.1, 0.15) is 28.8 Å². The number of nitrogen functional groups attached to an aromatic ring is 1. The molecule has 3 rings (SSSR count). The van der Waals surface area contributed by atoms with E-state index in [4.69, 9.17) is 5.73 Å². The van der Waals surface area contributed by atoms with Gasteiger partial charge >= 0.3 is 0 Å². The summed E-state index contributed by atoms with van der Waals surface area (Å²) in [5, 5.41) is 29.1. The highest BCUT2D eigenvalue weighted by Gasteiger charge is 2.20. The molecule has 0 spiro atoms. The van der Waals surface area contributed by atoms with Crippen molar-refractivity contribution in [2.24, 2.45) is 0 Å². The van der Waals surface area contributed by atoms with Gasteiger partial charge in [0.25, 0.3) is 0 Å². The van der Waals surface area contributed by atoms with Gasteiger partial charge in [0.2, 0.25) is 0 Å². The van der Waals surface area contributed by atoms with E-state index in [0.29, 0.717) is 28.8 Å². The zero-order valence-electron chi connectivity index (χ0n) is 14.6. The van der Waals surface area contributed by atoms with E-state index in [1.165, 1.54) is 12.1 Å². The quantitative estimate of drug-likeness (QED) is 0.724. The van der Waals surface area contributed by atoms with E-state index in [0.717, 1.165) is 18.4 Å². The third-order valence-corrected chi connectivity index (χ3v) is 4.26. The van der Waals surface area contributed by atoms with Crippen LogP contribution in [0.3, 0.4) is 0 Å². The number of phenols is 1. The first-order valence-corrected chi connectivity index (χ1v) is 8.45. The van der Waals surface area contributed by atoms with Gasteiger partial charge < -0.3 is 10.8 Å². The molecule has 6 nitrogen and oxygen atoms in total. The molecule has 27 heavy (non-hydrogen) atoms. The smallest absolute Gasteiger partial charge is 0.142 e. The largest absolute Gasteiger partial charge is 0.508 e. The highest BCUT2D eigenvalue weighted by Crippen LogP contribution is 2.33. The Morgan fingerprint density at radius 1 is 1.04 bits per heavy atom. The first-order chi connectivity index (χ1) is 13.1. The number of benzene rings is 1. The fourth-order valence-corrected chi connectivity index (χ4v) is 3.03. The number of phenolic OH excluding ortho intramolecular Hbond substituents is 1. The first kappa shape index (κ1) is 17.9. The van der Waals surface area contributed by atoms with Gasteiger partial charge in [-0.05, 0) is 48.6 Å². The van der Waals surface area contributed by atoms with Gasteiger partial charge in [0, 0.05) is 18.0 Å². The molecule has 0 aliphatic heterocycles. The molecule has 2 heterocycles. The van der Waals surface area contributed by atoms with Crippen LogP contribution < -0.4 is 5.73 Å². The molecule has 0 amide bonds. The number of aryl methyl sites for hydroxylation is 2. The van der Waals surface area contributed by atoms with Crippen LogP contribution in [0.2, 0.25) is 0 Å². The number of nitriles is 2. The van der Waals surface area contributed by atoms with Gasteiger partial charge in [0.15, 0.2) is 0 Å². The number of nitrogens with two attached hydrogens (primary N) is 1. The van der Waals surface area contributed by atoms with Crippen molar-refractivity contribution in [2.45, 2.75) is 19.3 Å². The summed E-state index contributed by atoms with van der Waals surface area (Å²) in [5.41, 5.74) is 9.09. The number of aromatic nitrogens is 2. The number of hydrogen-bond donors (Lipinski definition) is 2. The molecule has 0 atom stereocenters. The fraction of sp³-hybridized carbons (Fsp3) is 0.143. The van der Waals surface area contributed by atoms with Gasteiger partial charge in [-0.25, -0.2) is 4.98 Å². The lowest BCUT2D eigenvalue weighted by Crippen LogP contribution is -2.07. The molecular weight excluding hydrogens is 338 g/mol. The Hall–Kier alpha value is -3.90. The van der Waals surface area contributed by atoms with E-state index in [2.05, 4.69) is 16.0 Å². The molecule has 0 fully saturated rings. The molecule has 132 valence electrons. The van der Waals surface area contributed by atoms with Crippen LogP contribution in [-0.2, 0) is 12.8 Å². The van der Waals surface area contributed by atoms with Crippen molar-refractivity contribution < 1.29 is 5.11 Å². The van der Waals surface area contributed by atoms with Gasteiger partial charge in [-0.1, -0.05) is 18.2 Å². The van der Waals surface area contributed by atoms with Crippen molar-refractivity contribution >= 4 is 5.82 Å². The normalized spacial score (nSPS) is 10.1. The number of hydrogen-bond acceptors (Lipinski definition) is 6. The predicted octanol–water partition coefficient (Wildman–Crippen LogP) is 3.35. The predicted molar refractivity (Wildman–Crippen MR) is 101 cm³/mol. The van der Waals surface area contributed by atoms with E-state index >= 15 is 0 Å². The summed E-state index contributed by atoms with van der Waals surface area (Å²) in [5.74, 6) is 0.139. The van der Waals surface area contributed by atoms with E-state index in [-0.39, 0.29) is 17.1 Å². The molecule has 0 aliphatic rings. The van der Waals surface area contributed by atoms with Crippen molar-refractivity contribution in [1.82, 2.24) is 9.97 Å².